The van der Waals surface area contributed by atoms with Gasteiger partial charge >= 0.3 is 0 Å². The zero-order chi connectivity index (χ0) is 9.97. The Hall–Kier alpha value is -0.530. The Morgan fingerprint density at radius 1 is 1.50 bits per heavy atom. The van der Waals surface area contributed by atoms with Crippen LogP contribution in [-0.2, 0) is 6.42 Å². The van der Waals surface area contributed by atoms with Gasteiger partial charge in [-0.25, -0.2) is 0 Å². The summed E-state index contributed by atoms with van der Waals surface area (Å²) in [6, 6.07) is 8.72. The van der Waals surface area contributed by atoms with Gasteiger partial charge in [0.15, 0.2) is 0 Å². The average molecular weight is 209 g/mol. The highest BCUT2D eigenvalue weighted by Crippen LogP contribution is 2.21. The van der Waals surface area contributed by atoms with Crippen LogP contribution in [0.3, 0.4) is 0 Å². The van der Waals surface area contributed by atoms with E-state index in [0.717, 1.165) is 18.0 Å². The predicted octanol–water partition coefficient (Wildman–Crippen LogP) is 3.14. The lowest BCUT2D eigenvalue weighted by Crippen LogP contribution is -2.24. The van der Waals surface area contributed by atoms with Crippen molar-refractivity contribution in [2.75, 3.05) is 6.54 Å². The third-order valence-electron chi connectivity index (χ3n) is 2.86. The largest absolute Gasteiger partial charge is 0.456 e. The normalized spacial score (nSPS) is 22.9. The van der Waals surface area contributed by atoms with Crippen LogP contribution in [0.25, 0.3) is 0 Å². The van der Waals surface area contributed by atoms with Crippen molar-refractivity contribution in [1.82, 2.24) is 4.90 Å². The number of benzene rings is 1. The Balaban J connectivity index is 2.03. The SMILES string of the molecule is [CH2-]N1CCCC1Cc1cccc(Cl)c1. The molecule has 1 heterocycles. The van der Waals surface area contributed by atoms with Crippen molar-refractivity contribution in [3.8, 4) is 0 Å². The number of likely N-dealkylation sites (tertiary alicyclic amines) is 1. The number of hydrogen-bond acceptors (Lipinski definition) is 1. The van der Waals surface area contributed by atoms with Gasteiger partial charge in [0.2, 0.25) is 0 Å². The summed E-state index contributed by atoms with van der Waals surface area (Å²) < 4.78 is 0. The van der Waals surface area contributed by atoms with Crippen molar-refractivity contribution in [3.63, 3.8) is 0 Å². The van der Waals surface area contributed by atoms with Gasteiger partial charge in [-0.3, -0.25) is 7.05 Å². The van der Waals surface area contributed by atoms with E-state index in [-0.39, 0.29) is 0 Å². The molecule has 0 aromatic heterocycles. The van der Waals surface area contributed by atoms with Gasteiger partial charge in [0, 0.05) is 5.02 Å². The van der Waals surface area contributed by atoms with Crippen LogP contribution in [0.4, 0.5) is 0 Å². The fraction of sp³-hybridized carbons (Fsp3) is 0.417. The molecule has 1 aliphatic heterocycles. The summed E-state index contributed by atoms with van der Waals surface area (Å²) in [4.78, 5) is 2.20. The van der Waals surface area contributed by atoms with E-state index < -0.39 is 0 Å². The van der Waals surface area contributed by atoms with E-state index in [4.69, 9.17) is 11.6 Å². The maximum Gasteiger partial charge on any atom is 0.0408 e. The van der Waals surface area contributed by atoms with Crippen molar-refractivity contribution >= 4 is 11.6 Å². The minimum atomic E-state index is 0.605. The highest BCUT2D eigenvalue weighted by Gasteiger charge is 2.16. The van der Waals surface area contributed by atoms with E-state index in [0.29, 0.717) is 6.04 Å². The second kappa shape index (κ2) is 4.33. The Kier molecular flexibility index (Phi) is 3.09. The van der Waals surface area contributed by atoms with E-state index in [1.807, 2.05) is 18.2 Å². The molecule has 1 fully saturated rings. The van der Waals surface area contributed by atoms with Gasteiger partial charge in [-0.1, -0.05) is 23.7 Å². The first-order valence-corrected chi connectivity index (χ1v) is 5.45. The Morgan fingerprint density at radius 2 is 2.36 bits per heavy atom. The van der Waals surface area contributed by atoms with Gasteiger partial charge in [0.05, 0.1) is 0 Å². The Morgan fingerprint density at radius 3 is 3.00 bits per heavy atom. The molecule has 14 heavy (non-hydrogen) atoms. The van der Waals surface area contributed by atoms with Gasteiger partial charge in [0.1, 0.15) is 0 Å². The summed E-state index contributed by atoms with van der Waals surface area (Å²) in [5, 5.41) is 0.830. The van der Waals surface area contributed by atoms with E-state index in [1.165, 1.54) is 18.4 Å². The molecule has 1 aromatic rings. The summed E-state index contributed by atoms with van der Waals surface area (Å²) in [6.45, 7) is 1.13. The molecule has 1 aromatic carbocycles. The third-order valence-corrected chi connectivity index (χ3v) is 3.09. The lowest BCUT2D eigenvalue weighted by molar-refractivity contribution is 0.342. The molecule has 0 aliphatic carbocycles. The number of rotatable bonds is 2. The fourth-order valence-electron chi connectivity index (χ4n) is 2.06. The summed E-state index contributed by atoms with van der Waals surface area (Å²) in [6.07, 6.45) is 3.61. The van der Waals surface area contributed by atoms with Crippen LogP contribution in [-0.4, -0.2) is 17.5 Å². The van der Waals surface area contributed by atoms with Gasteiger partial charge in [0.25, 0.3) is 0 Å². The summed E-state index contributed by atoms with van der Waals surface area (Å²) >= 11 is 5.94. The van der Waals surface area contributed by atoms with Gasteiger partial charge in [-0.2, -0.15) is 0 Å². The first-order chi connectivity index (χ1) is 6.75. The summed E-state index contributed by atoms with van der Waals surface area (Å²) in [5.41, 5.74) is 1.32. The lowest BCUT2D eigenvalue weighted by atomic mass is 10.0. The molecule has 76 valence electrons. The monoisotopic (exact) mass is 208 g/mol. The molecule has 0 bridgehead atoms. The van der Waals surface area contributed by atoms with E-state index >= 15 is 0 Å². The second-order valence-electron chi connectivity index (χ2n) is 3.94. The Labute approximate surface area is 90.7 Å². The maximum absolute atomic E-state index is 5.94. The molecule has 0 saturated carbocycles. The molecule has 1 aliphatic rings. The molecule has 1 nitrogen and oxygen atoms in total. The third kappa shape index (κ3) is 2.28. The molecule has 0 radical (unpaired) electrons. The van der Waals surface area contributed by atoms with Crippen molar-refractivity contribution < 1.29 is 0 Å². The van der Waals surface area contributed by atoms with Crippen molar-refractivity contribution in [2.45, 2.75) is 25.3 Å². The van der Waals surface area contributed by atoms with Crippen LogP contribution < -0.4 is 0 Å². The maximum atomic E-state index is 5.94. The lowest BCUT2D eigenvalue weighted by Gasteiger charge is -2.27. The van der Waals surface area contributed by atoms with Crippen LogP contribution >= 0.6 is 11.6 Å². The number of halogens is 1. The molecule has 0 spiro atoms. The number of hydrogen-bond donors (Lipinski definition) is 0. The number of nitrogens with zero attached hydrogens (tertiary/aromatic N) is 1. The molecular formula is C12H15ClN-. The minimum Gasteiger partial charge on any atom is -0.456 e. The molecule has 0 amide bonds. The second-order valence-corrected chi connectivity index (χ2v) is 4.38. The molecule has 1 atom stereocenters. The van der Waals surface area contributed by atoms with Crippen molar-refractivity contribution in [3.05, 3.63) is 41.9 Å². The minimum absolute atomic E-state index is 0.605. The van der Waals surface area contributed by atoms with E-state index in [1.54, 1.807) is 0 Å². The summed E-state index contributed by atoms with van der Waals surface area (Å²) in [5.74, 6) is 0. The first kappa shape index (κ1) is 10.0. The quantitative estimate of drug-likeness (QED) is 0.675. The predicted molar refractivity (Wildman–Crippen MR) is 60.2 cm³/mol. The van der Waals surface area contributed by atoms with E-state index in [9.17, 15) is 0 Å². The van der Waals surface area contributed by atoms with Crippen LogP contribution in [0.1, 0.15) is 18.4 Å². The zero-order valence-electron chi connectivity index (χ0n) is 8.25. The Bertz CT molecular complexity index is 311. The van der Waals surface area contributed by atoms with Crippen molar-refractivity contribution in [1.29, 1.82) is 0 Å². The highest BCUT2D eigenvalue weighted by atomic mass is 35.5. The van der Waals surface area contributed by atoms with Crippen molar-refractivity contribution in [2.24, 2.45) is 0 Å². The van der Waals surface area contributed by atoms with Crippen LogP contribution in [0, 0.1) is 7.05 Å². The van der Waals surface area contributed by atoms with Gasteiger partial charge in [-0.15, -0.1) is 0 Å². The molecular weight excluding hydrogens is 194 g/mol. The summed E-state index contributed by atoms with van der Waals surface area (Å²) in [7, 11) is 4.04. The smallest absolute Gasteiger partial charge is 0.0408 e. The zero-order valence-corrected chi connectivity index (χ0v) is 9.00. The van der Waals surface area contributed by atoms with Gasteiger partial charge < -0.3 is 4.90 Å². The topological polar surface area (TPSA) is 3.24 Å². The highest BCUT2D eigenvalue weighted by molar-refractivity contribution is 6.30. The van der Waals surface area contributed by atoms with Crippen LogP contribution in [0.15, 0.2) is 24.3 Å². The van der Waals surface area contributed by atoms with Gasteiger partial charge in [-0.05, 0) is 49.5 Å². The van der Waals surface area contributed by atoms with Crippen LogP contribution in [0.5, 0.6) is 0 Å². The molecule has 2 heteroatoms. The standard InChI is InChI=1S/C12H15ClN/c1-14-7-3-6-12(14)9-10-4-2-5-11(13)8-10/h2,4-5,8,12H,1,3,6-7,9H2/q-1. The molecule has 1 saturated heterocycles. The molecule has 2 rings (SSSR count). The fourth-order valence-corrected chi connectivity index (χ4v) is 2.28. The average Bonchev–Trinajstić information content (AvgIpc) is 2.52. The van der Waals surface area contributed by atoms with E-state index in [2.05, 4.69) is 18.0 Å². The van der Waals surface area contributed by atoms with Crippen LogP contribution in [0.2, 0.25) is 5.02 Å². The first-order valence-electron chi connectivity index (χ1n) is 5.07. The molecule has 1 unspecified atom stereocenters. The molecule has 0 N–H and O–H groups in total.